The number of nitrogens with zero attached hydrogens (tertiary/aromatic N) is 1. The van der Waals surface area contributed by atoms with E-state index in [1.807, 2.05) is 25.1 Å². The molecule has 1 rings (SSSR count). The molecule has 1 nitrogen and oxygen atoms in total. The lowest BCUT2D eigenvalue weighted by Gasteiger charge is -1.96. The van der Waals surface area contributed by atoms with Crippen molar-refractivity contribution in [2.45, 2.75) is 19.8 Å². The summed E-state index contributed by atoms with van der Waals surface area (Å²) in [5, 5.41) is 0. The molecule has 10 heavy (non-hydrogen) atoms. The first-order valence-electron chi connectivity index (χ1n) is 3.45. The molecule has 1 aromatic heterocycles. The van der Waals surface area contributed by atoms with E-state index in [2.05, 4.69) is 4.98 Å². The van der Waals surface area contributed by atoms with Crippen molar-refractivity contribution < 1.29 is 0 Å². The second kappa shape index (κ2) is 3.35. The van der Waals surface area contributed by atoms with Gasteiger partial charge in [-0.05, 0) is 38.8 Å². The first kappa shape index (κ1) is 7.26. The molecule has 52 valence electrons. The largest absolute Gasteiger partial charge is 0.258 e. The third kappa shape index (κ3) is 1.83. The Balaban J connectivity index is 2.75. The highest BCUT2D eigenvalue weighted by atomic mass is 14.7. The fourth-order valence-electron chi connectivity index (χ4n) is 0.887. The van der Waals surface area contributed by atoms with Crippen LogP contribution in [0.1, 0.15) is 17.8 Å². The average Bonchev–Trinajstić information content (AvgIpc) is 1.88. The lowest BCUT2D eigenvalue weighted by Crippen LogP contribution is -1.89. The Hall–Kier alpha value is -0.850. The first-order valence-corrected chi connectivity index (χ1v) is 3.45. The van der Waals surface area contributed by atoms with E-state index in [1.165, 1.54) is 0 Å². The normalized spacial score (nSPS) is 9.80. The van der Waals surface area contributed by atoms with Gasteiger partial charge in [0.15, 0.2) is 0 Å². The number of pyridine rings is 1. The highest BCUT2D eigenvalue weighted by Crippen LogP contribution is 1.99. The van der Waals surface area contributed by atoms with E-state index < -0.39 is 0 Å². The molecule has 0 aliphatic heterocycles. The maximum absolute atomic E-state index is 5.37. The summed E-state index contributed by atoms with van der Waals surface area (Å²) in [7, 11) is 0. The quantitative estimate of drug-likeness (QED) is 0.601. The van der Waals surface area contributed by atoms with Crippen LogP contribution >= 0.6 is 0 Å². The molecule has 0 unspecified atom stereocenters. The van der Waals surface area contributed by atoms with E-state index in [4.69, 9.17) is 6.92 Å². The van der Waals surface area contributed by atoms with Crippen LogP contribution in [0.25, 0.3) is 0 Å². The van der Waals surface area contributed by atoms with Gasteiger partial charge in [-0.2, -0.15) is 0 Å². The van der Waals surface area contributed by atoms with Gasteiger partial charge in [0.05, 0.1) is 0 Å². The fourth-order valence-corrected chi connectivity index (χ4v) is 0.887. The number of hydrogen-bond donors (Lipinski definition) is 0. The SMILES string of the molecule is [CH]CCc1cccc(C)n1. The van der Waals surface area contributed by atoms with Crippen molar-refractivity contribution in [3.63, 3.8) is 0 Å². The molecule has 0 aliphatic rings. The lowest BCUT2D eigenvalue weighted by molar-refractivity contribution is 0.928. The predicted octanol–water partition coefficient (Wildman–Crippen LogP) is 2.03. The van der Waals surface area contributed by atoms with Gasteiger partial charge in [-0.1, -0.05) is 6.07 Å². The molecule has 0 aromatic carbocycles. The van der Waals surface area contributed by atoms with Gasteiger partial charge in [0, 0.05) is 11.4 Å². The van der Waals surface area contributed by atoms with E-state index >= 15 is 0 Å². The number of aryl methyl sites for hydroxylation is 2. The second-order valence-corrected chi connectivity index (χ2v) is 2.31. The van der Waals surface area contributed by atoms with Crippen molar-refractivity contribution in [3.8, 4) is 0 Å². The minimum Gasteiger partial charge on any atom is -0.258 e. The van der Waals surface area contributed by atoms with Crippen LogP contribution in [0.15, 0.2) is 18.2 Å². The van der Waals surface area contributed by atoms with E-state index in [9.17, 15) is 0 Å². The summed E-state index contributed by atoms with van der Waals surface area (Å²) in [6, 6.07) is 5.99. The Morgan fingerprint density at radius 3 is 2.90 bits per heavy atom. The maximum Gasteiger partial charge on any atom is 0.0406 e. The van der Waals surface area contributed by atoms with Crippen LogP contribution < -0.4 is 0 Å². The monoisotopic (exact) mass is 133 g/mol. The van der Waals surface area contributed by atoms with Gasteiger partial charge in [-0.25, -0.2) is 0 Å². The van der Waals surface area contributed by atoms with E-state index in [1.54, 1.807) is 0 Å². The van der Waals surface area contributed by atoms with Crippen molar-refractivity contribution in [1.82, 2.24) is 4.98 Å². The Labute approximate surface area is 62.1 Å². The Morgan fingerprint density at radius 2 is 2.30 bits per heavy atom. The molecular formula is C9H11N. The molecule has 1 aromatic rings. The zero-order chi connectivity index (χ0) is 7.40. The van der Waals surface area contributed by atoms with Gasteiger partial charge < -0.3 is 0 Å². The van der Waals surface area contributed by atoms with E-state index in [0.29, 0.717) is 6.42 Å². The molecule has 0 spiro atoms. The van der Waals surface area contributed by atoms with Gasteiger partial charge >= 0.3 is 0 Å². The molecule has 0 amide bonds. The highest BCUT2D eigenvalue weighted by molar-refractivity contribution is 5.09. The standard InChI is InChI=1S/C9H11N/c1-3-5-9-7-4-6-8(2)10-9/h1,4,6-7H,3,5H2,2H3. The maximum atomic E-state index is 5.37. The Morgan fingerprint density at radius 1 is 1.50 bits per heavy atom. The molecule has 1 heteroatoms. The molecule has 0 saturated carbocycles. The van der Waals surface area contributed by atoms with E-state index in [-0.39, 0.29) is 0 Å². The summed E-state index contributed by atoms with van der Waals surface area (Å²) in [5.41, 5.74) is 2.15. The van der Waals surface area contributed by atoms with Crippen LogP contribution in [0.4, 0.5) is 0 Å². The third-order valence-corrected chi connectivity index (χ3v) is 1.35. The van der Waals surface area contributed by atoms with E-state index in [0.717, 1.165) is 17.8 Å². The third-order valence-electron chi connectivity index (χ3n) is 1.35. The van der Waals surface area contributed by atoms with Crippen LogP contribution in [0.5, 0.6) is 0 Å². The van der Waals surface area contributed by atoms with Gasteiger partial charge in [-0.15, -0.1) is 0 Å². The molecule has 2 radical (unpaired) electrons. The summed E-state index contributed by atoms with van der Waals surface area (Å²) in [4.78, 5) is 4.28. The van der Waals surface area contributed by atoms with Crippen LogP contribution in [0, 0.1) is 13.8 Å². The number of rotatable bonds is 2. The molecular weight excluding hydrogens is 122 g/mol. The smallest absolute Gasteiger partial charge is 0.0406 e. The summed E-state index contributed by atoms with van der Waals surface area (Å²) in [6.45, 7) is 7.36. The molecule has 0 aliphatic carbocycles. The zero-order valence-corrected chi connectivity index (χ0v) is 6.17. The highest BCUT2D eigenvalue weighted by Gasteiger charge is 1.90. The van der Waals surface area contributed by atoms with Crippen molar-refractivity contribution in [3.05, 3.63) is 36.5 Å². The number of hydrogen-bond acceptors (Lipinski definition) is 1. The van der Waals surface area contributed by atoms with Crippen molar-refractivity contribution in [2.75, 3.05) is 0 Å². The van der Waals surface area contributed by atoms with Gasteiger partial charge in [-0.3, -0.25) is 4.98 Å². The van der Waals surface area contributed by atoms with Crippen molar-refractivity contribution >= 4 is 0 Å². The number of aromatic nitrogens is 1. The zero-order valence-electron chi connectivity index (χ0n) is 6.17. The summed E-state index contributed by atoms with van der Waals surface area (Å²) in [5.74, 6) is 0. The fraction of sp³-hybridized carbons (Fsp3) is 0.333. The van der Waals surface area contributed by atoms with Crippen LogP contribution in [0.3, 0.4) is 0 Å². The van der Waals surface area contributed by atoms with Gasteiger partial charge in [0.1, 0.15) is 0 Å². The van der Waals surface area contributed by atoms with Crippen LogP contribution in [-0.2, 0) is 6.42 Å². The van der Waals surface area contributed by atoms with Crippen LogP contribution in [-0.4, -0.2) is 4.98 Å². The first-order chi connectivity index (χ1) is 4.83. The molecule has 0 N–H and O–H groups in total. The molecule has 0 fully saturated rings. The molecule has 1 heterocycles. The van der Waals surface area contributed by atoms with Gasteiger partial charge in [0.2, 0.25) is 0 Å². The molecule has 0 atom stereocenters. The summed E-state index contributed by atoms with van der Waals surface area (Å²) < 4.78 is 0. The summed E-state index contributed by atoms with van der Waals surface area (Å²) >= 11 is 0. The second-order valence-electron chi connectivity index (χ2n) is 2.31. The Kier molecular flexibility index (Phi) is 2.43. The molecule has 0 bridgehead atoms. The van der Waals surface area contributed by atoms with Crippen molar-refractivity contribution in [2.24, 2.45) is 0 Å². The van der Waals surface area contributed by atoms with Crippen LogP contribution in [0.2, 0.25) is 0 Å². The minimum absolute atomic E-state index is 0.677. The lowest BCUT2D eigenvalue weighted by atomic mass is 10.2. The predicted molar refractivity (Wildman–Crippen MR) is 41.6 cm³/mol. The molecule has 0 saturated heterocycles. The average molecular weight is 133 g/mol. The van der Waals surface area contributed by atoms with Gasteiger partial charge in [0.25, 0.3) is 0 Å². The summed E-state index contributed by atoms with van der Waals surface area (Å²) in [6.07, 6.45) is 1.55. The van der Waals surface area contributed by atoms with Crippen molar-refractivity contribution in [1.29, 1.82) is 0 Å². The topological polar surface area (TPSA) is 12.9 Å². The minimum atomic E-state index is 0.677. The Bertz CT molecular complexity index is 206.